The number of carbonyl (C=O) groups is 3. The molecule has 2 heterocycles. The van der Waals surface area contributed by atoms with Gasteiger partial charge in [0.25, 0.3) is 11.1 Å². The molecule has 0 saturated carbocycles. The predicted molar refractivity (Wildman–Crippen MR) is 123 cm³/mol. The Morgan fingerprint density at radius 1 is 1.18 bits per heavy atom. The first-order chi connectivity index (χ1) is 16.0. The summed E-state index contributed by atoms with van der Waals surface area (Å²) in [5.74, 6) is 1.06. The van der Waals surface area contributed by atoms with E-state index in [0.717, 1.165) is 16.7 Å². The number of imide groups is 1. The van der Waals surface area contributed by atoms with Crippen molar-refractivity contribution >= 4 is 40.6 Å². The molecule has 0 aromatic heterocycles. The Morgan fingerprint density at radius 3 is 2.73 bits per heavy atom. The molecule has 0 bridgehead atoms. The van der Waals surface area contributed by atoms with E-state index in [0.29, 0.717) is 54.1 Å². The van der Waals surface area contributed by atoms with Gasteiger partial charge in [-0.3, -0.25) is 19.3 Å². The third kappa shape index (κ3) is 4.90. The zero-order valence-electron chi connectivity index (χ0n) is 18.1. The second-order valence-corrected chi connectivity index (χ2v) is 7.98. The summed E-state index contributed by atoms with van der Waals surface area (Å²) in [6.07, 6.45) is 1.57. The van der Waals surface area contributed by atoms with Crippen LogP contribution >= 0.6 is 11.8 Å². The lowest BCUT2D eigenvalue weighted by Gasteiger charge is -2.19. The van der Waals surface area contributed by atoms with Gasteiger partial charge >= 0.3 is 0 Å². The second kappa shape index (κ2) is 9.86. The summed E-state index contributed by atoms with van der Waals surface area (Å²) in [6.45, 7) is 2.72. The van der Waals surface area contributed by atoms with Gasteiger partial charge in [-0.2, -0.15) is 0 Å². The molecule has 10 heteroatoms. The molecule has 2 aromatic carbocycles. The lowest BCUT2D eigenvalue weighted by Crippen LogP contribution is -2.36. The number of carbonyl (C=O) groups excluding carboxylic acids is 3. The summed E-state index contributed by atoms with van der Waals surface area (Å²) in [4.78, 5) is 38.9. The number of benzene rings is 2. The summed E-state index contributed by atoms with van der Waals surface area (Å²) in [5.41, 5.74) is 1.08. The molecule has 2 aliphatic heterocycles. The van der Waals surface area contributed by atoms with Crippen LogP contribution in [0.25, 0.3) is 6.08 Å². The van der Waals surface area contributed by atoms with Gasteiger partial charge in [0.1, 0.15) is 19.8 Å². The minimum absolute atomic E-state index is 0.196. The molecule has 172 valence electrons. The number of rotatable bonds is 7. The maximum Gasteiger partial charge on any atom is 0.294 e. The molecular weight excluding hydrogens is 448 g/mol. The second-order valence-electron chi connectivity index (χ2n) is 6.99. The molecule has 0 unspecified atom stereocenters. The van der Waals surface area contributed by atoms with Gasteiger partial charge in [-0.25, -0.2) is 0 Å². The Morgan fingerprint density at radius 2 is 1.97 bits per heavy atom. The Hall–Kier alpha value is -3.66. The van der Waals surface area contributed by atoms with Crippen molar-refractivity contribution in [3.05, 3.63) is 46.9 Å². The summed E-state index contributed by atoms with van der Waals surface area (Å²) in [6, 6.07) is 10.3. The molecule has 33 heavy (non-hydrogen) atoms. The normalized spacial score (nSPS) is 16.2. The van der Waals surface area contributed by atoms with Crippen molar-refractivity contribution in [1.29, 1.82) is 0 Å². The van der Waals surface area contributed by atoms with Crippen LogP contribution in [0.15, 0.2) is 41.3 Å². The lowest BCUT2D eigenvalue weighted by atomic mass is 10.1. The van der Waals surface area contributed by atoms with E-state index >= 15 is 0 Å². The van der Waals surface area contributed by atoms with E-state index in [1.165, 1.54) is 7.11 Å². The smallest absolute Gasteiger partial charge is 0.294 e. The molecule has 0 spiro atoms. The highest BCUT2D eigenvalue weighted by Gasteiger charge is 2.36. The fourth-order valence-electron chi connectivity index (χ4n) is 3.35. The number of nitrogens with zero attached hydrogens (tertiary/aromatic N) is 1. The van der Waals surface area contributed by atoms with Crippen LogP contribution in [0.2, 0.25) is 0 Å². The van der Waals surface area contributed by atoms with Crippen molar-refractivity contribution in [2.45, 2.75) is 6.92 Å². The van der Waals surface area contributed by atoms with Crippen LogP contribution in [-0.2, 0) is 9.59 Å². The van der Waals surface area contributed by atoms with Gasteiger partial charge in [-0.05, 0) is 43.0 Å². The number of anilines is 1. The van der Waals surface area contributed by atoms with E-state index in [1.807, 2.05) is 6.92 Å². The Kier molecular flexibility index (Phi) is 6.74. The number of hydrogen-bond donors (Lipinski definition) is 1. The number of nitrogens with one attached hydrogen (secondary N) is 1. The Balaban J connectivity index is 1.47. The summed E-state index contributed by atoms with van der Waals surface area (Å²) in [7, 11) is 1.52. The first-order valence-electron chi connectivity index (χ1n) is 10.2. The SMILES string of the molecule is CCOc1c(/C=C2/SC(=O)N(CC(=O)Nc3ccc4c(c3)OCCO4)C2=O)cccc1OC. The minimum Gasteiger partial charge on any atom is -0.493 e. The van der Waals surface area contributed by atoms with Crippen molar-refractivity contribution in [1.82, 2.24) is 4.90 Å². The number of ether oxygens (including phenoxy) is 4. The van der Waals surface area contributed by atoms with Crippen molar-refractivity contribution in [2.24, 2.45) is 0 Å². The Labute approximate surface area is 194 Å². The zero-order valence-corrected chi connectivity index (χ0v) is 18.9. The average Bonchev–Trinajstić information content (AvgIpc) is 3.07. The first kappa shape index (κ1) is 22.5. The fraction of sp³-hybridized carbons (Fsp3) is 0.261. The molecule has 2 aliphatic rings. The van der Waals surface area contributed by atoms with Crippen LogP contribution in [0.1, 0.15) is 12.5 Å². The fourth-order valence-corrected chi connectivity index (χ4v) is 4.18. The molecule has 2 aromatic rings. The van der Waals surface area contributed by atoms with Gasteiger partial charge in [-0.1, -0.05) is 12.1 Å². The number of amides is 3. The van der Waals surface area contributed by atoms with E-state index in [9.17, 15) is 14.4 Å². The van der Waals surface area contributed by atoms with Gasteiger partial charge in [-0.15, -0.1) is 0 Å². The molecule has 1 saturated heterocycles. The number of methoxy groups -OCH3 is 1. The van der Waals surface area contributed by atoms with Crippen LogP contribution in [0.4, 0.5) is 10.5 Å². The van der Waals surface area contributed by atoms with Gasteiger partial charge in [0, 0.05) is 17.3 Å². The van der Waals surface area contributed by atoms with Gasteiger partial charge in [0.05, 0.1) is 18.6 Å². The van der Waals surface area contributed by atoms with Crippen molar-refractivity contribution in [3.8, 4) is 23.0 Å². The van der Waals surface area contributed by atoms with E-state index in [1.54, 1.807) is 42.5 Å². The molecule has 0 radical (unpaired) electrons. The van der Waals surface area contributed by atoms with E-state index < -0.39 is 23.6 Å². The topological polar surface area (TPSA) is 103 Å². The standard InChI is InChI=1S/C23H22N2O7S/c1-3-30-21-14(5-4-6-17(21)29-2)11-19-22(27)25(23(28)33-19)13-20(26)24-15-7-8-16-18(12-15)32-10-9-31-16/h4-8,11-12H,3,9-10,13H2,1-2H3,(H,24,26)/b19-11+. The highest BCUT2D eigenvalue weighted by molar-refractivity contribution is 8.18. The number of hydrogen-bond acceptors (Lipinski definition) is 8. The molecule has 0 aliphatic carbocycles. The lowest BCUT2D eigenvalue weighted by molar-refractivity contribution is -0.127. The van der Waals surface area contributed by atoms with Gasteiger partial charge in [0.2, 0.25) is 5.91 Å². The van der Waals surface area contributed by atoms with Gasteiger partial charge < -0.3 is 24.3 Å². The van der Waals surface area contributed by atoms with E-state index in [2.05, 4.69) is 5.32 Å². The molecular formula is C23H22N2O7S. The zero-order chi connectivity index (χ0) is 23.4. The van der Waals surface area contributed by atoms with Crippen LogP contribution in [0, 0.1) is 0 Å². The van der Waals surface area contributed by atoms with Crippen molar-refractivity contribution in [3.63, 3.8) is 0 Å². The maximum absolute atomic E-state index is 12.9. The summed E-state index contributed by atoms with van der Waals surface area (Å²) >= 11 is 0.769. The highest BCUT2D eigenvalue weighted by Crippen LogP contribution is 2.37. The molecule has 9 nitrogen and oxygen atoms in total. The summed E-state index contributed by atoms with van der Waals surface area (Å²) < 4.78 is 21.9. The Bertz CT molecular complexity index is 1130. The number of thioether (sulfide) groups is 1. The van der Waals surface area contributed by atoms with Crippen molar-refractivity contribution in [2.75, 3.05) is 38.8 Å². The molecule has 1 N–H and O–H groups in total. The molecule has 1 fully saturated rings. The minimum atomic E-state index is -0.549. The highest BCUT2D eigenvalue weighted by atomic mass is 32.2. The third-order valence-electron chi connectivity index (χ3n) is 4.81. The molecule has 3 amide bonds. The maximum atomic E-state index is 12.9. The van der Waals surface area contributed by atoms with E-state index in [-0.39, 0.29) is 4.91 Å². The van der Waals surface area contributed by atoms with Crippen LogP contribution in [-0.4, -0.2) is 55.4 Å². The predicted octanol–water partition coefficient (Wildman–Crippen LogP) is 3.54. The monoisotopic (exact) mass is 470 g/mol. The van der Waals surface area contributed by atoms with Crippen LogP contribution in [0.5, 0.6) is 23.0 Å². The van der Waals surface area contributed by atoms with E-state index in [4.69, 9.17) is 18.9 Å². The largest absolute Gasteiger partial charge is 0.493 e. The van der Waals surface area contributed by atoms with Crippen molar-refractivity contribution < 1.29 is 33.3 Å². The third-order valence-corrected chi connectivity index (χ3v) is 5.71. The number of para-hydroxylation sites is 1. The van der Waals surface area contributed by atoms with Gasteiger partial charge in [0.15, 0.2) is 23.0 Å². The van der Waals surface area contributed by atoms with Crippen LogP contribution in [0.3, 0.4) is 0 Å². The quantitative estimate of drug-likeness (QED) is 0.613. The molecule has 4 rings (SSSR count). The van der Waals surface area contributed by atoms with Crippen LogP contribution < -0.4 is 24.3 Å². The first-order valence-corrected chi connectivity index (χ1v) is 11.1. The summed E-state index contributed by atoms with van der Waals surface area (Å²) in [5, 5.41) is 2.16. The number of fused-ring (bicyclic) bond motifs is 1. The molecule has 0 atom stereocenters. The average molecular weight is 471 g/mol.